The van der Waals surface area contributed by atoms with Crippen molar-refractivity contribution in [3.05, 3.63) is 71.0 Å². The second kappa shape index (κ2) is 7.78. The third kappa shape index (κ3) is 4.52. The number of hydroxylamine groups is 2. The number of sulfonamides is 1. The summed E-state index contributed by atoms with van der Waals surface area (Å²) >= 11 is 0. The number of benzene rings is 2. The normalized spacial score (nSPS) is 21.2. The highest BCUT2D eigenvalue weighted by molar-refractivity contribution is 7.90. The maximum absolute atomic E-state index is 13.6. The highest BCUT2D eigenvalue weighted by Gasteiger charge is 2.43. The molecular formula is C18H18F4N2O3S. The lowest BCUT2D eigenvalue weighted by atomic mass is 10.0. The van der Waals surface area contributed by atoms with Crippen LogP contribution in [0.5, 0.6) is 0 Å². The van der Waals surface area contributed by atoms with E-state index >= 15 is 0 Å². The van der Waals surface area contributed by atoms with Crippen molar-refractivity contribution in [2.45, 2.75) is 24.0 Å². The second-order valence-electron chi connectivity index (χ2n) is 6.44. The Morgan fingerprint density at radius 1 is 1.18 bits per heavy atom. The van der Waals surface area contributed by atoms with E-state index in [0.29, 0.717) is 5.56 Å². The zero-order valence-corrected chi connectivity index (χ0v) is 15.6. The first-order valence-corrected chi connectivity index (χ1v) is 9.88. The first-order valence-electron chi connectivity index (χ1n) is 8.34. The van der Waals surface area contributed by atoms with Gasteiger partial charge in [0.25, 0.3) is 0 Å². The van der Waals surface area contributed by atoms with Gasteiger partial charge in [0, 0.05) is 13.6 Å². The molecule has 0 aromatic heterocycles. The summed E-state index contributed by atoms with van der Waals surface area (Å²) in [6.45, 7) is -0.460. The van der Waals surface area contributed by atoms with Crippen molar-refractivity contribution >= 4 is 10.0 Å². The van der Waals surface area contributed by atoms with Crippen LogP contribution >= 0.6 is 0 Å². The van der Waals surface area contributed by atoms with E-state index in [9.17, 15) is 26.0 Å². The van der Waals surface area contributed by atoms with Crippen LogP contribution in [0, 0.1) is 5.82 Å². The van der Waals surface area contributed by atoms with E-state index in [1.807, 2.05) is 0 Å². The van der Waals surface area contributed by atoms with E-state index < -0.39 is 38.9 Å². The van der Waals surface area contributed by atoms with E-state index in [1.165, 1.54) is 42.4 Å². The molecule has 0 unspecified atom stereocenters. The number of hydrogen-bond acceptors (Lipinski definition) is 4. The van der Waals surface area contributed by atoms with E-state index in [-0.39, 0.29) is 18.7 Å². The van der Waals surface area contributed by atoms with Crippen LogP contribution in [0.3, 0.4) is 0 Å². The van der Waals surface area contributed by atoms with Crippen molar-refractivity contribution in [3.63, 3.8) is 0 Å². The minimum Gasteiger partial charge on any atom is -0.297 e. The molecule has 2 aromatic carbocycles. The van der Waals surface area contributed by atoms with E-state index in [1.54, 1.807) is 6.07 Å². The second-order valence-corrected chi connectivity index (χ2v) is 8.43. The number of halogens is 4. The SMILES string of the molecule is CN1OC[C@@H](S(=O)(=O)NCc2cccc(C(F)(F)F)c2)[C@H]1c1cccc(F)c1. The number of nitrogens with one attached hydrogen (secondary N) is 1. The molecular weight excluding hydrogens is 400 g/mol. The van der Waals surface area contributed by atoms with Gasteiger partial charge in [-0.25, -0.2) is 17.5 Å². The largest absolute Gasteiger partial charge is 0.416 e. The molecule has 2 atom stereocenters. The summed E-state index contributed by atoms with van der Waals surface area (Å²) in [5.41, 5.74) is -0.256. The molecule has 0 spiro atoms. The van der Waals surface area contributed by atoms with Crippen LogP contribution in [0.15, 0.2) is 48.5 Å². The van der Waals surface area contributed by atoms with Gasteiger partial charge in [-0.2, -0.15) is 18.2 Å². The molecule has 5 nitrogen and oxygen atoms in total. The third-order valence-electron chi connectivity index (χ3n) is 4.51. The predicted molar refractivity (Wildman–Crippen MR) is 93.8 cm³/mol. The number of rotatable bonds is 5. The summed E-state index contributed by atoms with van der Waals surface area (Å²) < 4.78 is 79.9. The van der Waals surface area contributed by atoms with Gasteiger partial charge in [0.15, 0.2) is 0 Å². The summed E-state index contributed by atoms with van der Waals surface area (Å²) in [7, 11) is -2.43. The molecule has 1 aliphatic heterocycles. The average molecular weight is 418 g/mol. The summed E-state index contributed by atoms with van der Waals surface area (Å²) in [6, 6.07) is 9.20. The van der Waals surface area contributed by atoms with Gasteiger partial charge in [0.2, 0.25) is 10.0 Å². The van der Waals surface area contributed by atoms with Gasteiger partial charge in [-0.15, -0.1) is 0 Å². The molecule has 1 N–H and O–H groups in total. The minimum atomic E-state index is -4.51. The van der Waals surface area contributed by atoms with Crippen molar-refractivity contribution in [1.82, 2.24) is 9.79 Å². The van der Waals surface area contributed by atoms with E-state index in [2.05, 4.69) is 4.72 Å². The van der Waals surface area contributed by atoms with Crippen molar-refractivity contribution in [2.24, 2.45) is 0 Å². The summed E-state index contributed by atoms with van der Waals surface area (Å²) in [4.78, 5) is 5.32. The maximum Gasteiger partial charge on any atom is 0.416 e. The van der Waals surface area contributed by atoms with Gasteiger partial charge < -0.3 is 0 Å². The number of nitrogens with zero attached hydrogens (tertiary/aromatic N) is 1. The number of alkyl halides is 3. The molecule has 0 radical (unpaired) electrons. The molecule has 1 fully saturated rings. The van der Waals surface area contributed by atoms with Crippen LogP contribution < -0.4 is 4.72 Å². The Bertz CT molecular complexity index is 950. The summed E-state index contributed by atoms with van der Waals surface area (Å²) in [5, 5.41) is 0.285. The topological polar surface area (TPSA) is 58.6 Å². The summed E-state index contributed by atoms with van der Waals surface area (Å²) in [6.07, 6.45) is -4.51. The predicted octanol–water partition coefficient (Wildman–Crippen LogP) is 3.25. The fraction of sp³-hybridized carbons (Fsp3) is 0.333. The lowest BCUT2D eigenvalue weighted by Crippen LogP contribution is -2.39. The van der Waals surface area contributed by atoms with Gasteiger partial charge in [-0.3, -0.25) is 4.84 Å². The lowest BCUT2D eigenvalue weighted by Gasteiger charge is -2.23. The Hall–Kier alpha value is -2.01. The van der Waals surface area contributed by atoms with Gasteiger partial charge in [0.1, 0.15) is 11.1 Å². The van der Waals surface area contributed by atoms with Crippen molar-refractivity contribution < 1.29 is 30.8 Å². The van der Waals surface area contributed by atoms with E-state index in [0.717, 1.165) is 12.1 Å². The Balaban J connectivity index is 1.79. The van der Waals surface area contributed by atoms with Crippen molar-refractivity contribution in [1.29, 1.82) is 0 Å². The standard InChI is InChI=1S/C18H18F4N2O3S/c1-24-17(13-5-3-7-15(19)9-13)16(11-27-24)28(25,26)23-10-12-4-2-6-14(8-12)18(20,21)22/h2-9,16-17,23H,10-11H2,1H3/t16-,17-/m1/s1. The Morgan fingerprint density at radius 3 is 2.57 bits per heavy atom. The highest BCUT2D eigenvalue weighted by atomic mass is 32.2. The van der Waals surface area contributed by atoms with Gasteiger partial charge >= 0.3 is 6.18 Å². The third-order valence-corrected chi connectivity index (χ3v) is 6.24. The van der Waals surface area contributed by atoms with Crippen LogP contribution in [0.25, 0.3) is 0 Å². The lowest BCUT2D eigenvalue weighted by molar-refractivity contribution is -0.137. The van der Waals surface area contributed by atoms with Crippen molar-refractivity contribution in [2.75, 3.05) is 13.7 Å². The molecule has 0 saturated carbocycles. The Kier molecular flexibility index (Phi) is 5.76. The zero-order valence-electron chi connectivity index (χ0n) is 14.8. The molecule has 3 rings (SSSR count). The monoisotopic (exact) mass is 418 g/mol. The maximum atomic E-state index is 13.6. The molecule has 10 heteroatoms. The summed E-state index contributed by atoms with van der Waals surface area (Å²) in [5.74, 6) is -0.508. The molecule has 152 valence electrons. The van der Waals surface area contributed by atoms with Gasteiger partial charge in [-0.05, 0) is 29.3 Å². The fourth-order valence-electron chi connectivity index (χ4n) is 3.12. The highest BCUT2D eigenvalue weighted by Crippen LogP contribution is 2.34. The minimum absolute atomic E-state index is 0.157. The first kappa shape index (κ1) is 20.7. The smallest absolute Gasteiger partial charge is 0.297 e. The molecule has 1 aliphatic rings. The van der Waals surface area contributed by atoms with Crippen LogP contribution in [0.2, 0.25) is 0 Å². The molecule has 1 saturated heterocycles. The van der Waals surface area contributed by atoms with Crippen LogP contribution in [-0.2, 0) is 27.6 Å². The van der Waals surface area contributed by atoms with Crippen LogP contribution in [0.1, 0.15) is 22.7 Å². The quantitative estimate of drug-likeness (QED) is 0.758. The Morgan fingerprint density at radius 2 is 1.89 bits per heavy atom. The number of hydrogen-bond donors (Lipinski definition) is 1. The zero-order chi connectivity index (χ0) is 20.5. The average Bonchev–Trinajstić information content (AvgIpc) is 3.02. The molecule has 1 heterocycles. The van der Waals surface area contributed by atoms with Gasteiger partial charge in [0.05, 0.1) is 18.2 Å². The first-order chi connectivity index (χ1) is 13.1. The Labute approximate surface area is 159 Å². The molecule has 0 amide bonds. The van der Waals surface area contributed by atoms with Gasteiger partial charge in [-0.1, -0.05) is 30.3 Å². The van der Waals surface area contributed by atoms with Crippen LogP contribution in [0.4, 0.5) is 17.6 Å². The van der Waals surface area contributed by atoms with Crippen molar-refractivity contribution in [3.8, 4) is 0 Å². The van der Waals surface area contributed by atoms with Crippen LogP contribution in [-0.4, -0.2) is 32.4 Å². The molecule has 0 bridgehead atoms. The molecule has 2 aromatic rings. The fourth-order valence-corrected chi connectivity index (χ4v) is 4.61. The molecule has 28 heavy (non-hydrogen) atoms. The van der Waals surface area contributed by atoms with E-state index in [4.69, 9.17) is 4.84 Å². The molecule has 0 aliphatic carbocycles.